The van der Waals surface area contributed by atoms with Crippen LogP contribution in [-0.2, 0) is 16.2 Å². The maximum atomic E-state index is 12.3. The third-order valence-corrected chi connectivity index (χ3v) is 4.21. The zero-order valence-corrected chi connectivity index (χ0v) is 11.9. The Morgan fingerprint density at radius 1 is 1.33 bits per heavy atom. The standard InChI is InChI=1S/C16H20N2O3/c19-10-12-3-1-2-4-14(12)17-16(21)13-7-15(20)18(9-13)8-11-5-6-11/h1-4,11,13,19H,5-10H2,(H,17,21). The molecule has 1 unspecified atom stereocenters. The molecule has 1 atom stereocenters. The van der Waals surface area contributed by atoms with Gasteiger partial charge in [-0.1, -0.05) is 18.2 Å². The number of carbonyl (C=O) groups excluding carboxylic acids is 2. The van der Waals surface area contributed by atoms with Crippen molar-refractivity contribution in [1.29, 1.82) is 0 Å². The SMILES string of the molecule is O=C(Nc1ccccc1CO)C1CC(=O)N(CC2CC2)C1. The van der Waals surface area contributed by atoms with Crippen molar-refractivity contribution < 1.29 is 14.7 Å². The van der Waals surface area contributed by atoms with Crippen LogP contribution in [0.1, 0.15) is 24.8 Å². The summed E-state index contributed by atoms with van der Waals surface area (Å²) < 4.78 is 0. The maximum Gasteiger partial charge on any atom is 0.229 e. The van der Waals surface area contributed by atoms with Gasteiger partial charge in [-0.15, -0.1) is 0 Å². The Balaban J connectivity index is 1.61. The number of hydrogen-bond acceptors (Lipinski definition) is 3. The van der Waals surface area contributed by atoms with E-state index in [-0.39, 0.29) is 24.3 Å². The number of carbonyl (C=O) groups is 2. The summed E-state index contributed by atoms with van der Waals surface area (Å²) in [5, 5.41) is 12.1. The molecule has 2 amide bonds. The molecular weight excluding hydrogens is 268 g/mol. The van der Waals surface area contributed by atoms with Crippen molar-refractivity contribution in [2.45, 2.75) is 25.9 Å². The zero-order valence-electron chi connectivity index (χ0n) is 11.9. The van der Waals surface area contributed by atoms with Crippen molar-refractivity contribution in [1.82, 2.24) is 4.90 Å². The monoisotopic (exact) mass is 288 g/mol. The third-order valence-electron chi connectivity index (χ3n) is 4.21. The highest BCUT2D eigenvalue weighted by molar-refractivity contribution is 5.97. The number of hydrogen-bond donors (Lipinski definition) is 2. The molecule has 1 aromatic rings. The van der Waals surface area contributed by atoms with Gasteiger partial charge in [-0.25, -0.2) is 0 Å². The van der Waals surface area contributed by atoms with Gasteiger partial charge in [-0.3, -0.25) is 9.59 Å². The van der Waals surface area contributed by atoms with Crippen LogP contribution in [0.3, 0.4) is 0 Å². The van der Waals surface area contributed by atoms with E-state index < -0.39 is 0 Å². The number of amides is 2. The number of anilines is 1. The smallest absolute Gasteiger partial charge is 0.229 e. The molecule has 1 aliphatic heterocycles. The molecule has 2 aliphatic rings. The van der Waals surface area contributed by atoms with Crippen molar-refractivity contribution in [3.8, 4) is 0 Å². The minimum Gasteiger partial charge on any atom is -0.392 e. The largest absolute Gasteiger partial charge is 0.392 e. The fourth-order valence-corrected chi connectivity index (χ4v) is 2.75. The van der Waals surface area contributed by atoms with Gasteiger partial charge in [-0.05, 0) is 24.8 Å². The first-order chi connectivity index (χ1) is 10.2. The number of nitrogens with zero attached hydrogens (tertiary/aromatic N) is 1. The van der Waals surface area contributed by atoms with Gasteiger partial charge in [0.05, 0.1) is 12.5 Å². The quantitative estimate of drug-likeness (QED) is 0.860. The van der Waals surface area contributed by atoms with Gasteiger partial charge in [0.25, 0.3) is 0 Å². The van der Waals surface area contributed by atoms with E-state index in [9.17, 15) is 14.7 Å². The molecule has 0 bridgehead atoms. The van der Waals surface area contributed by atoms with Crippen LogP contribution in [0.25, 0.3) is 0 Å². The fourth-order valence-electron chi connectivity index (χ4n) is 2.75. The van der Waals surface area contributed by atoms with Gasteiger partial charge >= 0.3 is 0 Å². The summed E-state index contributed by atoms with van der Waals surface area (Å²) in [4.78, 5) is 26.1. The van der Waals surface area contributed by atoms with Gasteiger partial charge < -0.3 is 15.3 Å². The number of para-hydroxylation sites is 1. The van der Waals surface area contributed by atoms with E-state index in [1.54, 1.807) is 12.1 Å². The molecule has 0 aromatic heterocycles. The number of likely N-dealkylation sites (tertiary alicyclic amines) is 1. The van der Waals surface area contributed by atoms with Crippen LogP contribution in [0.15, 0.2) is 24.3 Å². The Morgan fingerprint density at radius 2 is 2.10 bits per heavy atom. The highest BCUT2D eigenvalue weighted by atomic mass is 16.3. The molecule has 1 heterocycles. The Morgan fingerprint density at radius 3 is 2.81 bits per heavy atom. The summed E-state index contributed by atoms with van der Waals surface area (Å²) in [6.45, 7) is 1.20. The van der Waals surface area contributed by atoms with Crippen molar-refractivity contribution in [2.75, 3.05) is 18.4 Å². The molecule has 21 heavy (non-hydrogen) atoms. The van der Waals surface area contributed by atoms with Gasteiger partial charge in [0.2, 0.25) is 11.8 Å². The average molecular weight is 288 g/mol. The summed E-state index contributed by atoms with van der Waals surface area (Å²) in [5.74, 6) is 0.300. The molecular formula is C16H20N2O3. The number of nitrogens with one attached hydrogen (secondary N) is 1. The van der Waals surface area contributed by atoms with Crippen LogP contribution in [-0.4, -0.2) is 34.9 Å². The molecule has 1 saturated carbocycles. The predicted octanol–water partition coefficient (Wildman–Crippen LogP) is 1.38. The van der Waals surface area contributed by atoms with Crippen LogP contribution >= 0.6 is 0 Å². The van der Waals surface area contributed by atoms with E-state index in [0.29, 0.717) is 30.1 Å². The summed E-state index contributed by atoms with van der Waals surface area (Å²) in [6.07, 6.45) is 2.69. The molecule has 3 rings (SSSR count). The summed E-state index contributed by atoms with van der Waals surface area (Å²) >= 11 is 0. The number of aliphatic hydroxyl groups is 1. The predicted molar refractivity (Wildman–Crippen MR) is 78.4 cm³/mol. The van der Waals surface area contributed by atoms with Crippen LogP contribution in [0.4, 0.5) is 5.69 Å². The molecule has 1 aliphatic carbocycles. The molecule has 0 spiro atoms. The lowest BCUT2D eigenvalue weighted by Gasteiger charge is -2.16. The number of benzene rings is 1. The summed E-state index contributed by atoms with van der Waals surface area (Å²) in [7, 11) is 0. The Labute approximate surface area is 123 Å². The molecule has 1 saturated heterocycles. The van der Waals surface area contributed by atoms with E-state index in [0.717, 1.165) is 6.54 Å². The second-order valence-electron chi connectivity index (χ2n) is 5.95. The van der Waals surface area contributed by atoms with E-state index in [4.69, 9.17) is 0 Å². The average Bonchev–Trinajstić information content (AvgIpc) is 3.22. The zero-order chi connectivity index (χ0) is 14.8. The first kappa shape index (κ1) is 14.1. The minimum absolute atomic E-state index is 0.0810. The van der Waals surface area contributed by atoms with Gasteiger partial charge in [0.1, 0.15) is 0 Å². The second kappa shape index (κ2) is 5.85. The van der Waals surface area contributed by atoms with E-state index in [2.05, 4.69) is 5.32 Å². The van der Waals surface area contributed by atoms with Crippen LogP contribution in [0, 0.1) is 11.8 Å². The van der Waals surface area contributed by atoms with Gasteiger partial charge in [-0.2, -0.15) is 0 Å². The van der Waals surface area contributed by atoms with Crippen molar-refractivity contribution >= 4 is 17.5 Å². The maximum absolute atomic E-state index is 12.3. The van der Waals surface area contributed by atoms with Crippen LogP contribution in [0.2, 0.25) is 0 Å². The lowest BCUT2D eigenvalue weighted by Crippen LogP contribution is -2.30. The van der Waals surface area contributed by atoms with E-state index in [1.165, 1.54) is 12.8 Å². The molecule has 5 heteroatoms. The Bertz CT molecular complexity index is 554. The highest BCUT2D eigenvalue weighted by Gasteiger charge is 2.37. The molecule has 0 radical (unpaired) electrons. The van der Waals surface area contributed by atoms with Crippen LogP contribution in [0.5, 0.6) is 0 Å². The van der Waals surface area contributed by atoms with Gasteiger partial charge in [0.15, 0.2) is 0 Å². The molecule has 5 nitrogen and oxygen atoms in total. The fraction of sp³-hybridized carbons (Fsp3) is 0.500. The normalized spacial score (nSPS) is 21.7. The lowest BCUT2D eigenvalue weighted by atomic mass is 10.1. The van der Waals surface area contributed by atoms with E-state index >= 15 is 0 Å². The Hall–Kier alpha value is -1.88. The van der Waals surface area contributed by atoms with Crippen molar-refractivity contribution in [3.05, 3.63) is 29.8 Å². The van der Waals surface area contributed by atoms with Gasteiger partial charge in [0, 0.05) is 30.8 Å². The van der Waals surface area contributed by atoms with Crippen LogP contribution < -0.4 is 5.32 Å². The lowest BCUT2D eigenvalue weighted by molar-refractivity contribution is -0.128. The minimum atomic E-state index is -0.289. The first-order valence-corrected chi connectivity index (χ1v) is 7.44. The molecule has 2 fully saturated rings. The van der Waals surface area contributed by atoms with E-state index in [1.807, 2.05) is 17.0 Å². The second-order valence-corrected chi connectivity index (χ2v) is 5.95. The van der Waals surface area contributed by atoms with Crippen molar-refractivity contribution in [2.24, 2.45) is 11.8 Å². The molecule has 112 valence electrons. The number of rotatable bonds is 5. The summed E-state index contributed by atoms with van der Waals surface area (Å²) in [5.41, 5.74) is 1.31. The highest BCUT2D eigenvalue weighted by Crippen LogP contribution is 2.32. The first-order valence-electron chi connectivity index (χ1n) is 7.44. The molecule has 2 N–H and O–H groups in total. The Kier molecular flexibility index (Phi) is 3.92. The summed E-state index contributed by atoms with van der Waals surface area (Å²) in [6, 6.07) is 7.17. The molecule has 1 aromatic carbocycles. The van der Waals surface area contributed by atoms with Crippen molar-refractivity contribution in [3.63, 3.8) is 0 Å². The number of aliphatic hydroxyl groups excluding tert-OH is 1. The third kappa shape index (κ3) is 3.24. The topological polar surface area (TPSA) is 69.6 Å².